The summed E-state index contributed by atoms with van der Waals surface area (Å²) in [6.07, 6.45) is -12.5. The van der Waals surface area contributed by atoms with E-state index >= 15 is 0 Å². The maximum atomic E-state index is 13.4. The minimum atomic E-state index is -4.59. The Morgan fingerprint density at radius 2 is 0.931 bits per heavy atom. The van der Waals surface area contributed by atoms with Gasteiger partial charge < -0.3 is 59.9 Å². The van der Waals surface area contributed by atoms with Gasteiger partial charge in [-0.3, -0.25) is 43.7 Å². The number of carbonyl (C=O) groups excluding carboxylic acids is 8. The molecule has 0 radical (unpaired) electrons. The SMILES string of the molecule is CC(C)(C)c1cc(NC(=O)[C@@H]2CC(=O)CN2C(=O)C2CCC(F)(F)CC2)no1.CC(C)(C)c1cc(NC(=O)[C@@H]2C[C@@H](O)CN2c2ncc(C(F)(F)F)cc2Cl)no1.O=C(Nc1ccc(C(F)(F)F)cn1)[C@@H]1C[C@@H](O)CN1C(=O)C1CCC(F)(F)CC1.O=C(Nc1nc(-c2ccccc2)ns1)[C@@H]1C[C@@H](O)CN1C(=O)C1CCC(F)(F)CC1. The molecule has 4 saturated heterocycles. The second-order valence-corrected chi connectivity index (χ2v) is 33.0. The molecule has 7 amide bonds. The van der Waals surface area contributed by atoms with Gasteiger partial charge in [-0.25, -0.2) is 36.3 Å². The van der Waals surface area contributed by atoms with E-state index in [0.29, 0.717) is 34.9 Å². The summed E-state index contributed by atoms with van der Waals surface area (Å²) in [4.78, 5) is 118. The number of hydrogen-bond acceptors (Lipinski definition) is 21. The van der Waals surface area contributed by atoms with Crippen LogP contribution in [0.3, 0.4) is 0 Å². The molecule has 0 unspecified atom stereocenters. The van der Waals surface area contributed by atoms with Gasteiger partial charge in [0.2, 0.25) is 64.2 Å². The van der Waals surface area contributed by atoms with Crippen molar-refractivity contribution in [3.63, 3.8) is 0 Å². The molecule has 7 fully saturated rings. The molecular formula is C75H87ClF12N14O13S. The number of pyridine rings is 2. The monoisotopic (exact) mass is 1690 g/mol. The molecule has 5 aromatic heterocycles. The van der Waals surface area contributed by atoms with Gasteiger partial charge in [0, 0.05) is 154 Å². The van der Waals surface area contributed by atoms with Crippen molar-refractivity contribution in [3.05, 3.63) is 101 Å². The van der Waals surface area contributed by atoms with E-state index in [1.54, 1.807) is 12.1 Å². The Morgan fingerprint density at radius 3 is 1.36 bits per heavy atom. The third kappa shape index (κ3) is 23.1. The predicted octanol–water partition coefficient (Wildman–Crippen LogP) is 12.3. The van der Waals surface area contributed by atoms with Gasteiger partial charge in [-0.05, 0) is 56.7 Å². The number of aliphatic hydroxyl groups excluding tert-OH is 3. The number of amides is 7. The van der Waals surface area contributed by atoms with Crippen LogP contribution < -0.4 is 26.2 Å². The van der Waals surface area contributed by atoms with Crippen LogP contribution in [0.4, 0.5) is 81.1 Å². The predicted molar refractivity (Wildman–Crippen MR) is 394 cm³/mol. The van der Waals surface area contributed by atoms with E-state index in [4.69, 9.17) is 20.6 Å². The second-order valence-electron chi connectivity index (χ2n) is 31.8. The summed E-state index contributed by atoms with van der Waals surface area (Å²) in [5, 5.41) is 47.8. The Morgan fingerprint density at radius 1 is 0.517 bits per heavy atom. The maximum Gasteiger partial charge on any atom is 0.417 e. The number of carbonyl (C=O) groups is 8. The summed E-state index contributed by atoms with van der Waals surface area (Å²) in [7, 11) is 0. The Hall–Kier alpha value is -9.41. The molecule has 13 rings (SSSR count). The zero-order chi connectivity index (χ0) is 84.9. The smallest absolute Gasteiger partial charge is 0.391 e. The Kier molecular flexibility index (Phi) is 27.5. The van der Waals surface area contributed by atoms with Gasteiger partial charge in [0.05, 0.1) is 41.0 Å². The fraction of sp³-hybridized carbons (Fsp3) is 0.573. The van der Waals surface area contributed by atoms with Crippen molar-refractivity contribution in [2.24, 2.45) is 17.8 Å². The summed E-state index contributed by atoms with van der Waals surface area (Å²) in [5.41, 5.74) is -1.74. The van der Waals surface area contributed by atoms with Crippen LogP contribution in [0.5, 0.6) is 0 Å². The number of rotatable bonds is 13. The van der Waals surface area contributed by atoms with Gasteiger partial charge in [0.15, 0.2) is 23.2 Å². The minimum Gasteiger partial charge on any atom is -0.391 e. The number of Topliss-reactive ketones (excluding diaryl/α,β-unsaturated/α-hetero) is 1. The van der Waals surface area contributed by atoms with Crippen LogP contribution in [-0.2, 0) is 61.5 Å². The molecule has 4 aliphatic heterocycles. The number of β-amino-alcohol motifs (C(OH)–C–C–N with tert-alkyl or cyclic N) is 3. The van der Waals surface area contributed by atoms with E-state index in [0.717, 1.165) is 40.2 Å². The number of aliphatic hydroxyl groups is 3. The van der Waals surface area contributed by atoms with E-state index in [9.17, 15) is 106 Å². The van der Waals surface area contributed by atoms with Crippen LogP contribution in [-0.4, -0.2) is 193 Å². The van der Waals surface area contributed by atoms with E-state index in [1.807, 2.05) is 71.9 Å². The molecule has 7 N–H and O–H groups in total. The van der Waals surface area contributed by atoms with Crippen LogP contribution in [0.2, 0.25) is 5.02 Å². The first kappa shape index (κ1) is 88.9. The standard InChI is InChI=1S/C20H22F2N4O3S.C19H25F2N3O4.C18H20ClF3N4O3.C18H20F5N3O3/c21-20(22)8-6-13(7-9-20)18(29)26-11-14(27)10-15(26)17(28)24-19-23-16(25-30-19)12-4-2-1-3-5-12;1-18(2,3)14-9-15(23-28-14)22-16(26)13-8-12(25)10-24(13)17(27)11-4-6-19(20,21)7-5-11;1-17(2,3)13-6-14(25-29-13)24-16(28)12-5-10(27)8-26(12)15-11(19)4-9(7-23-15)18(20,21)22;19-17(20)5-3-10(4-6-17)16(29)26-9-12(27)7-13(26)15(28)25-14-2-1-11(8-24-14)18(21,22)23/h1-5,13-15,27H,6-11H2,(H,23,24,25,28);9,11,13H,4-8,10H2,1-3H3,(H,22,23,26);4,6-7,10,12,27H,5,8H2,1-3H3,(H,24,25,28);1-2,8,10,12-13,27H,3-7,9H2,(H,24,25,28)/t14-,15+;13-;10-,12+;12-,13+/m1011/s1. The number of halogens is 13. The lowest BCUT2D eigenvalue weighted by Gasteiger charge is -2.32. The zero-order valence-electron chi connectivity index (χ0n) is 63.6. The largest absolute Gasteiger partial charge is 0.417 e. The van der Waals surface area contributed by atoms with Crippen LogP contribution in [0.1, 0.15) is 167 Å². The number of aromatic nitrogens is 6. The molecule has 3 saturated carbocycles. The molecule has 41 heteroatoms. The lowest BCUT2D eigenvalue weighted by molar-refractivity contribution is -0.144. The first-order valence-corrected chi connectivity index (χ1v) is 38.5. The van der Waals surface area contributed by atoms with Crippen LogP contribution in [0, 0.1) is 17.8 Å². The van der Waals surface area contributed by atoms with Crippen LogP contribution in [0.15, 0.2) is 82.1 Å². The average Bonchev–Trinajstić information content (AvgIpc) is 1.56. The molecule has 1 aromatic carbocycles. The second kappa shape index (κ2) is 35.8. The van der Waals surface area contributed by atoms with E-state index in [1.165, 1.54) is 14.7 Å². The molecule has 7 aliphatic rings. The number of nitrogens with zero attached hydrogens (tertiary/aromatic N) is 10. The van der Waals surface area contributed by atoms with Crippen molar-refractivity contribution in [3.8, 4) is 11.4 Å². The van der Waals surface area contributed by atoms with Crippen LogP contribution >= 0.6 is 23.1 Å². The summed E-state index contributed by atoms with van der Waals surface area (Å²) < 4.78 is 171. The molecule has 116 heavy (non-hydrogen) atoms. The molecule has 9 heterocycles. The van der Waals surface area contributed by atoms with Crippen molar-refractivity contribution in [1.82, 2.24) is 44.3 Å². The highest BCUT2D eigenvalue weighted by molar-refractivity contribution is 7.10. The van der Waals surface area contributed by atoms with Crippen molar-refractivity contribution in [2.75, 3.05) is 52.3 Å². The van der Waals surface area contributed by atoms with Gasteiger partial charge in [-0.1, -0.05) is 93.8 Å². The Balaban J connectivity index is 0.000000163. The van der Waals surface area contributed by atoms with Crippen molar-refractivity contribution >= 4 is 98.7 Å². The summed E-state index contributed by atoms with van der Waals surface area (Å²) in [6.45, 7) is 11.3. The molecule has 632 valence electrons. The summed E-state index contributed by atoms with van der Waals surface area (Å²) >= 11 is 7.03. The number of benzene rings is 1. The molecule has 6 aromatic rings. The number of hydrogen-bond donors (Lipinski definition) is 7. The van der Waals surface area contributed by atoms with Crippen molar-refractivity contribution < 1.29 is 115 Å². The van der Waals surface area contributed by atoms with Gasteiger partial charge >= 0.3 is 12.4 Å². The van der Waals surface area contributed by atoms with Crippen molar-refractivity contribution in [2.45, 2.75) is 228 Å². The highest BCUT2D eigenvalue weighted by Gasteiger charge is 2.49. The van der Waals surface area contributed by atoms with E-state index in [2.05, 4.69) is 50.9 Å². The molecule has 3 aliphatic carbocycles. The summed E-state index contributed by atoms with van der Waals surface area (Å²) in [5.74, 6) is -11.8. The maximum absolute atomic E-state index is 13.4. The first-order valence-electron chi connectivity index (χ1n) is 37.3. The minimum absolute atomic E-state index is 0.00221. The zero-order valence-corrected chi connectivity index (χ0v) is 65.1. The lowest BCUT2D eigenvalue weighted by Crippen LogP contribution is -2.47. The quantitative estimate of drug-likeness (QED) is 0.0528. The molecular weight excluding hydrogens is 1600 g/mol. The van der Waals surface area contributed by atoms with Gasteiger partial charge in [0.25, 0.3) is 0 Å². The fourth-order valence-corrected chi connectivity index (χ4v) is 15.1. The van der Waals surface area contributed by atoms with Crippen molar-refractivity contribution in [1.29, 1.82) is 0 Å². The lowest BCUT2D eigenvalue weighted by atomic mass is 9.85. The molecule has 0 bridgehead atoms. The third-order valence-electron chi connectivity index (χ3n) is 20.7. The highest BCUT2D eigenvalue weighted by atomic mass is 35.5. The van der Waals surface area contributed by atoms with Crippen LogP contribution in [0.25, 0.3) is 11.4 Å². The topological polar surface area (TPSA) is 362 Å². The molecule has 0 spiro atoms. The number of alkyl halides is 12. The highest BCUT2D eigenvalue weighted by Crippen LogP contribution is 2.43. The number of nitrogens with one attached hydrogen (secondary N) is 4. The Bertz CT molecular complexity index is 4480. The van der Waals surface area contributed by atoms with E-state index in [-0.39, 0.29) is 167 Å². The Labute approximate surface area is 665 Å². The molecule has 27 nitrogen and oxygen atoms in total. The summed E-state index contributed by atoms with van der Waals surface area (Å²) in [6, 6.07) is 11.2. The number of likely N-dealkylation sites (tertiary alicyclic amines) is 3. The van der Waals surface area contributed by atoms with Gasteiger partial charge in [-0.2, -0.15) is 35.7 Å². The first-order chi connectivity index (χ1) is 54.1. The van der Waals surface area contributed by atoms with Gasteiger partial charge in [0.1, 0.15) is 47.3 Å². The van der Waals surface area contributed by atoms with Gasteiger partial charge in [-0.15, -0.1) is 0 Å². The fourth-order valence-electron chi connectivity index (χ4n) is 14.2. The number of ketones is 1. The number of anilines is 5. The molecule has 7 atom stereocenters. The van der Waals surface area contributed by atoms with E-state index < -0.39 is 150 Å². The normalized spacial score (nSPS) is 23.1. The average molecular weight is 1690 g/mol. The third-order valence-corrected chi connectivity index (χ3v) is 21.6.